The maximum atomic E-state index is 9.99. The zero-order valence-electron chi connectivity index (χ0n) is 6.77. The second kappa shape index (κ2) is 8.92. The monoisotopic (exact) mass is 145 g/mol. The van der Waals surface area contributed by atoms with Gasteiger partial charge in [-0.3, -0.25) is 0 Å². The summed E-state index contributed by atoms with van der Waals surface area (Å²) in [4.78, 5) is 0. The van der Waals surface area contributed by atoms with Crippen LogP contribution in [0.5, 0.6) is 0 Å². The quantitative estimate of drug-likeness (QED) is 0.504. The highest BCUT2D eigenvalue weighted by atomic mass is 16.5. The molecule has 2 heteroatoms. The number of unbranched alkanes of at least 4 members (excludes halogenated alkanes) is 4. The summed E-state index contributed by atoms with van der Waals surface area (Å²) in [7, 11) is 1.72. The first-order valence-electron chi connectivity index (χ1n) is 3.99. The van der Waals surface area contributed by atoms with E-state index in [1.54, 1.807) is 7.11 Å². The molecule has 0 saturated carbocycles. The minimum atomic E-state index is 0.0876. The first-order chi connectivity index (χ1) is 4.91. The lowest BCUT2D eigenvalue weighted by Gasteiger charge is -1.97. The van der Waals surface area contributed by atoms with Gasteiger partial charge in [-0.2, -0.15) is 0 Å². The van der Waals surface area contributed by atoms with E-state index in [0.717, 1.165) is 25.9 Å². The van der Waals surface area contributed by atoms with Gasteiger partial charge in [-0.05, 0) is 12.8 Å². The Kier molecular flexibility index (Phi) is 8.85. The Labute approximate surface area is 63.2 Å². The van der Waals surface area contributed by atoms with Crippen LogP contribution < -0.4 is 0 Å². The van der Waals surface area contributed by atoms with Crippen molar-refractivity contribution in [3.8, 4) is 0 Å². The summed E-state index contributed by atoms with van der Waals surface area (Å²) in [5.41, 5.74) is 0. The third kappa shape index (κ3) is 7.92. The van der Waals surface area contributed by atoms with Gasteiger partial charge in [0, 0.05) is 13.7 Å². The summed E-state index contributed by atoms with van der Waals surface area (Å²) >= 11 is 0. The lowest BCUT2D eigenvalue weighted by atomic mass is 10.1. The van der Waals surface area contributed by atoms with Gasteiger partial charge in [-0.1, -0.05) is 19.3 Å². The maximum absolute atomic E-state index is 9.99. The standard InChI is InChI=1S/C8H17O2/c1-10-8-6-4-2-3-5-7-9/h2-8H2,1H3. The number of methoxy groups -OCH3 is 1. The van der Waals surface area contributed by atoms with Gasteiger partial charge in [0.25, 0.3) is 0 Å². The maximum Gasteiger partial charge on any atom is 0.0822 e. The number of ether oxygens (including phenoxy) is 1. The van der Waals surface area contributed by atoms with E-state index in [0.29, 0.717) is 0 Å². The smallest absolute Gasteiger partial charge is 0.0822 e. The molecule has 0 rings (SSSR count). The van der Waals surface area contributed by atoms with Gasteiger partial charge in [0.2, 0.25) is 0 Å². The van der Waals surface area contributed by atoms with Crippen molar-refractivity contribution < 1.29 is 9.84 Å². The van der Waals surface area contributed by atoms with Crippen LogP contribution in [-0.4, -0.2) is 20.3 Å². The van der Waals surface area contributed by atoms with E-state index in [2.05, 4.69) is 0 Å². The molecule has 61 valence electrons. The summed E-state index contributed by atoms with van der Waals surface area (Å²) < 4.78 is 4.89. The molecular weight excluding hydrogens is 128 g/mol. The first kappa shape index (κ1) is 9.92. The molecule has 0 spiro atoms. The van der Waals surface area contributed by atoms with Crippen LogP contribution in [0.3, 0.4) is 0 Å². The molecule has 0 aliphatic heterocycles. The summed E-state index contributed by atoms with van der Waals surface area (Å²) in [6.45, 7) is 0.946. The molecule has 10 heavy (non-hydrogen) atoms. The van der Waals surface area contributed by atoms with Gasteiger partial charge in [-0.15, -0.1) is 0 Å². The van der Waals surface area contributed by atoms with Crippen molar-refractivity contribution in [3.05, 3.63) is 0 Å². The van der Waals surface area contributed by atoms with E-state index in [4.69, 9.17) is 4.74 Å². The highest BCUT2D eigenvalue weighted by Gasteiger charge is 1.88. The molecule has 0 aromatic rings. The highest BCUT2D eigenvalue weighted by Crippen LogP contribution is 2.01. The van der Waals surface area contributed by atoms with Crippen molar-refractivity contribution in [2.45, 2.75) is 32.1 Å². The van der Waals surface area contributed by atoms with Crippen LogP contribution in [0.25, 0.3) is 0 Å². The normalized spacial score (nSPS) is 10.2. The minimum Gasteiger partial charge on any atom is -0.385 e. The SMILES string of the molecule is COCCCCCCC[O]. The molecule has 0 heterocycles. The van der Waals surface area contributed by atoms with Crippen LogP contribution >= 0.6 is 0 Å². The number of rotatable bonds is 7. The molecule has 0 bridgehead atoms. The van der Waals surface area contributed by atoms with Gasteiger partial charge < -0.3 is 4.74 Å². The molecule has 0 N–H and O–H groups in total. The molecular formula is C8H17O2. The van der Waals surface area contributed by atoms with E-state index in [1.165, 1.54) is 12.8 Å². The number of hydrogen-bond donors (Lipinski definition) is 0. The van der Waals surface area contributed by atoms with E-state index in [1.807, 2.05) is 0 Å². The largest absolute Gasteiger partial charge is 0.385 e. The topological polar surface area (TPSA) is 29.1 Å². The van der Waals surface area contributed by atoms with E-state index < -0.39 is 0 Å². The Bertz CT molecular complexity index is 47.2. The Morgan fingerprint density at radius 3 is 2.20 bits per heavy atom. The van der Waals surface area contributed by atoms with E-state index in [9.17, 15) is 5.11 Å². The summed E-state index contributed by atoms with van der Waals surface area (Å²) in [6.07, 6.45) is 5.45. The Balaban J connectivity index is 2.65. The van der Waals surface area contributed by atoms with Crippen molar-refractivity contribution in [2.24, 2.45) is 0 Å². The van der Waals surface area contributed by atoms with Gasteiger partial charge in [0.1, 0.15) is 0 Å². The zero-order valence-corrected chi connectivity index (χ0v) is 6.77. The molecule has 2 nitrogen and oxygen atoms in total. The zero-order chi connectivity index (χ0) is 7.66. The molecule has 0 unspecified atom stereocenters. The molecule has 0 aromatic carbocycles. The summed E-state index contributed by atoms with van der Waals surface area (Å²) in [5, 5.41) is 9.99. The predicted molar refractivity (Wildman–Crippen MR) is 40.5 cm³/mol. The average molecular weight is 145 g/mol. The molecule has 0 aromatic heterocycles. The van der Waals surface area contributed by atoms with Gasteiger partial charge in [0.05, 0.1) is 6.61 Å². The summed E-state index contributed by atoms with van der Waals surface area (Å²) in [6, 6.07) is 0. The van der Waals surface area contributed by atoms with Gasteiger partial charge in [-0.25, -0.2) is 5.11 Å². The molecule has 0 amide bonds. The Hall–Kier alpha value is -0.0800. The average Bonchev–Trinajstić information content (AvgIpc) is 1.97. The molecule has 0 aliphatic rings. The fraction of sp³-hybridized carbons (Fsp3) is 1.00. The predicted octanol–water partition coefficient (Wildman–Crippen LogP) is 2.01. The van der Waals surface area contributed by atoms with Crippen molar-refractivity contribution in [1.82, 2.24) is 0 Å². The summed E-state index contributed by atoms with van der Waals surface area (Å²) in [5.74, 6) is 0. The lowest BCUT2D eigenvalue weighted by molar-refractivity contribution is 0.181. The second-order valence-corrected chi connectivity index (χ2v) is 2.46. The van der Waals surface area contributed by atoms with E-state index >= 15 is 0 Å². The number of hydrogen-bond acceptors (Lipinski definition) is 1. The molecule has 1 radical (unpaired) electrons. The third-order valence-corrected chi connectivity index (χ3v) is 1.49. The van der Waals surface area contributed by atoms with E-state index in [-0.39, 0.29) is 6.61 Å². The second-order valence-electron chi connectivity index (χ2n) is 2.46. The first-order valence-corrected chi connectivity index (χ1v) is 3.99. The van der Waals surface area contributed by atoms with Crippen LogP contribution in [0, 0.1) is 0 Å². The van der Waals surface area contributed by atoms with Gasteiger partial charge in [0.15, 0.2) is 0 Å². The van der Waals surface area contributed by atoms with Crippen LogP contribution in [0.1, 0.15) is 32.1 Å². The molecule has 0 aliphatic carbocycles. The van der Waals surface area contributed by atoms with Crippen molar-refractivity contribution in [1.29, 1.82) is 0 Å². The molecule has 0 atom stereocenters. The van der Waals surface area contributed by atoms with Crippen LogP contribution in [0.15, 0.2) is 0 Å². The highest BCUT2D eigenvalue weighted by molar-refractivity contribution is 4.42. The Morgan fingerprint density at radius 1 is 1.00 bits per heavy atom. The minimum absolute atomic E-state index is 0.0876. The van der Waals surface area contributed by atoms with Crippen LogP contribution in [-0.2, 0) is 9.84 Å². The van der Waals surface area contributed by atoms with Crippen molar-refractivity contribution in [3.63, 3.8) is 0 Å². The third-order valence-electron chi connectivity index (χ3n) is 1.49. The fourth-order valence-electron chi connectivity index (χ4n) is 0.879. The fourth-order valence-corrected chi connectivity index (χ4v) is 0.879. The lowest BCUT2D eigenvalue weighted by Crippen LogP contribution is -1.88. The Morgan fingerprint density at radius 2 is 1.60 bits per heavy atom. The van der Waals surface area contributed by atoms with Crippen LogP contribution in [0.4, 0.5) is 0 Å². The molecule has 0 saturated heterocycles. The molecule has 0 fully saturated rings. The van der Waals surface area contributed by atoms with Crippen LogP contribution in [0.2, 0.25) is 0 Å². The van der Waals surface area contributed by atoms with Crippen molar-refractivity contribution >= 4 is 0 Å². The van der Waals surface area contributed by atoms with Gasteiger partial charge >= 0.3 is 0 Å². The van der Waals surface area contributed by atoms with Crippen molar-refractivity contribution in [2.75, 3.05) is 20.3 Å².